The van der Waals surface area contributed by atoms with Crippen LogP contribution in [0.5, 0.6) is 0 Å². The monoisotopic (exact) mass is 1260 g/mol. The van der Waals surface area contributed by atoms with Crippen molar-refractivity contribution in [3.63, 3.8) is 0 Å². The summed E-state index contributed by atoms with van der Waals surface area (Å²) < 4.78 is 11.3. The van der Waals surface area contributed by atoms with Crippen LogP contribution in [0.3, 0.4) is 0 Å². The van der Waals surface area contributed by atoms with Crippen molar-refractivity contribution in [3.8, 4) is 124 Å². The maximum absolute atomic E-state index is 6.64. The highest BCUT2D eigenvalue weighted by molar-refractivity contribution is 6.13. The molecule has 9 nitrogen and oxygen atoms in total. The van der Waals surface area contributed by atoms with Crippen LogP contribution in [0.1, 0.15) is 0 Å². The normalized spacial score (nSPS) is 11.6. The molecule has 14 aromatic carbocycles. The third-order valence-corrected chi connectivity index (χ3v) is 19.2. The topological polar surface area (TPSA) is 100 Å². The number of fused-ring (bicyclic) bond motifs is 9. The number of hydrogen-bond donors (Lipinski definition) is 0. The average molecular weight is 1270 g/mol. The van der Waals surface area contributed by atoms with Gasteiger partial charge in [0.25, 0.3) is 0 Å². The molecular weight excluding hydrogens is 1210 g/mol. The molecule has 0 aliphatic rings. The summed E-state index contributed by atoms with van der Waals surface area (Å²) >= 11 is 0. The van der Waals surface area contributed by atoms with Gasteiger partial charge in [-0.3, -0.25) is 0 Å². The van der Waals surface area contributed by atoms with E-state index >= 15 is 0 Å². The summed E-state index contributed by atoms with van der Waals surface area (Å²) in [5, 5.41) is 6.48. The number of aromatic nitrogens is 8. The summed E-state index contributed by atoms with van der Waals surface area (Å²) in [6, 6.07) is 116. The van der Waals surface area contributed by atoms with E-state index in [0.717, 1.165) is 133 Å². The Hall–Kier alpha value is -13.5. The molecule has 0 radical (unpaired) electrons. The Morgan fingerprint density at radius 2 is 0.475 bits per heavy atom. The van der Waals surface area contributed by atoms with Gasteiger partial charge in [0.1, 0.15) is 23.8 Å². The molecule has 0 aliphatic carbocycles. The number of rotatable bonds is 12. The molecule has 0 saturated carbocycles. The minimum atomic E-state index is 0.602. The first-order valence-electron chi connectivity index (χ1n) is 33.2. The number of furan rings is 1. The van der Waals surface area contributed by atoms with Gasteiger partial charge in [0.15, 0.2) is 23.3 Å². The first kappa shape index (κ1) is 57.0. The Balaban J connectivity index is 0.620. The number of nitrogens with zero attached hydrogens (tertiary/aromatic N) is 8. The van der Waals surface area contributed by atoms with Gasteiger partial charge in [-0.15, -0.1) is 0 Å². The van der Waals surface area contributed by atoms with Gasteiger partial charge in [0, 0.05) is 65.9 Å². The number of para-hydroxylation sites is 2. The lowest BCUT2D eigenvalue weighted by Crippen LogP contribution is -1.96. The molecule has 5 heterocycles. The van der Waals surface area contributed by atoms with Crippen LogP contribution in [-0.2, 0) is 0 Å². The molecule has 0 saturated heterocycles. The second kappa shape index (κ2) is 23.8. The standard InChI is InChI=1S/C90H56N8O/c1-3-17-57(18-4-1)59-21-11-23-61(45-59)63-25-13-27-65(47-63)67-29-15-31-69(49-67)87-91-55-93-89(95-87)71-37-41-83-77(51-71)75-33-7-9-35-81(75)97(83)73-39-43-85-79(53-73)80-54-74(40-44-86(80)99-85)98-82-36-10-8-34-76(82)78-52-72(38-42-84(78)98)90-94-56-92-88(96-90)70-32-16-30-68(50-70)66-28-14-26-64(48-66)62-24-12-22-60(46-62)58-19-5-2-6-20-58/h1-56H. The smallest absolute Gasteiger partial charge is 0.163 e. The largest absolute Gasteiger partial charge is 0.456 e. The molecule has 9 heteroatoms. The van der Waals surface area contributed by atoms with Crippen LogP contribution < -0.4 is 0 Å². The molecular formula is C90H56N8O. The zero-order valence-electron chi connectivity index (χ0n) is 53.3. The molecule has 99 heavy (non-hydrogen) atoms. The van der Waals surface area contributed by atoms with Crippen molar-refractivity contribution in [1.29, 1.82) is 0 Å². The number of benzene rings is 14. The molecule has 0 aliphatic heterocycles. The van der Waals surface area contributed by atoms with Crippen LogP contribution in [0.15, 0.2) is 345 Å². The fraction of sp³-hybridized carbons (Fsp3) is 0. The predicted molar refractivity (Wildman–Crippen MR) is 404 cm³/mol. The molecule has 0 unspecified atom stereocenters. The fourth-order valence-electron chi connectivity index (χ4n) is 14.4. The summed E-state index contributed by atoms with van der Waals surface area (Å²) in [7, 11) is 0. The zero-order chi connectivity index (χ0) is 65.3. The molecule has 5 aromatic heterocycles. The van der Waals surface area contributed by atoms with E-state index in [-0.39, 0.29) is 0 Å². The Morgan fingerprint density at radius 3 is 0.838 bits per heavy atom. The van der Waals surface area contributed by atoms with E-state index < -0.39 is 0 Å². The predicted octanol–water partition coefficient (Wildman–Crippen LogP) is 22.8. The van der Waals surface area contributed by atoms with Crippen molar-refractivity contribution in [2.75, 3.05) is 0 Å². The minimum Gasteiger partial charge on any atom is -0.456 e. The zero-order valence-corrected chi connectivity index (χ0v) is 53.3. The van der Waals surface area contributed by atoms with Gasteiger partial charge in [-0.1, -0.05) is 206 Å². The average Bonchev–Trinajstić information content (AvgIpc) is 1.59. The summed E-state index contributed by atoms with van der Waals surface area (Å²) in [5.41, 5.74) is 25.4. The second-order valence-corrected chi connectivity index (χ2v) is 25.1. The van der Waals surface area contributed by atoms with Gasteiger partial charge in [0.2, 0.25) is 0 Å². The molecule has 0 N–H and O–H groups in total. The van der Waals surface area contributed by atoms with Crippen LogP contribution >= 0.6 is 0 Å². The summed E-state index contributed by atoms with van der Waals surface area (Å²) in [5.74, 6) is 2.42. The van der Waals surface area contributed by atoms with Crippen LogP contribution in [0.25, 0.3) is 189 Å². The van der Waals surface area contributed by atoms with Gasteiger partial charge < -0.3 is 13.6 Å². The van der Waals surface area contributed by atoms with E-state index in [0.29, 0.717) is 23.3 Å². The first-order chi connectivity index (χ1) is 49.0. The van der Waals surface area contributed by atoms with Gasteiger partial charge in [0.05, 0.1) is 22.1 Å². The minimum absolute atomic E-state index is 0.602. The molecule has 0 atom stereocenters. The Morgan fingerprint density at radius 1 is 0.192 bits per heavy atom. The summed E-state index contributed by atoms with van der Waals surface area (Å²) in [6.07, 6.45) is 3.24. The quantitative estimate of drug-likeness (QED) is 0.120. The van der Waals surface area contributed by atoms with E-state index in [1.807, 2.05) is 0 Å². The molecule has 462 valence electrons. The van der Waals surface area contributed by atoms with Gasteiger partial charge in [-0.25, -0.2) is 29.9 Å². The Labute approximate surface area is 569 Å². The van der Waals surface area contributed by atoms with Crippen molar-refractivity contribution in [2.45, 2.75) is 0 Å². The molecule has 19 rings (SSSR count). The van der Waals surface area contributed by atoms with Gasteiger partial charge in [-0.2, -0.15) is 0 Å². The van der Waals surface area contributed by atoms with Crippen molar-refractivity contribution < 1.29 is 4.42 Å². The van der Waals surface area contributed by atoms with E-state index in [1.165, 1.54) is 33.4 Å². The first-order valence-corrected chi connectivity index (χ1v) is 33.2. The highest BCUT2D eigenvalue weighted by Gasteiger charge is 2.21. The van der Waals surface area contributed by atoms with E-state index in [4.69, 9.17) is 34.3 Å². The second-order valence-electron chi connectivity index (χ2n) is 25.1. The maximum Gasteiger partial charge on any atom is 0.163 e. The lowest BCUT2D eigenvalue weighted by atomic mass is 9.95. The SMILES string of the molecule is c1ccc(-c2cccc(-c3cccc(-c4cccc(-c5ncnc(-c6ccc7c(c6)c6ccccc6n7-c6ccc7oc8ccc(-n9c%10ccccc%10c%10cc(-c%11ncnc(-c%12cccc(-c%13cccc(-c%14cccc(-c%15ccccc%15)c%14)c%13)c%12)n%11)ccc%109)cc8c7c6)n5)c4)c3)c2)cc1. The Bertz CT molecular complexity index is 6000. The lowest BCUT2D eigenvalue weighted by Gasteiger charge is -2.10. The van der Waals surface area contributed by atoms with Crippen molar-refractivity contribution in [2.24, 2.45) is 0 Å². The third kappa shape index (κ3) is 10.3. The van der Waals surface area contributed by atoms with Crippen molar-refractivity contribution in [1.82, 2.24) is 39.0 Å². The third-order valence-electron chi connectivity index (χ3n) is 19.2. The molecule has 0 fully saturated rings. The van der Waals surface area contributed by atoms with Crippen LogP contribution in [-0.4, -0.2) is 39.0 Å². The molecule has 0 amide bonds. The highest BCUT2D eigenvalue weighted by atomic mass is 16.3. The highest BCUT2D eigenvalue weighted by Crippen LogP contribution is 2.42. The van der Waals surface area contributed by atoms with Crippen molar-refractivity contribution >= 4 is 65.6 Å². The Kier molecular flexibility index (Phi) is 13.7. The van der Waals surface area contributed by atoms with Crippen LogP contribution in [0.4, 0.5) is 0 Å². The van der Waals surface area contributed by atoms with E-state index in [1.54, 1.807) is 12.7 Å². The number of hydrogen-bond acceptors (Lipinski definition) is 7. The molecule has 0 bridgehead atoms. The van der Waals surface area contributed by atoms with E-state index in [2.05, 4.69) is 337 Å². The molecule has 19 aromatic rings. The van der Waals surface area contributed by atoms with Gasteiger partial charge >= 0.3 is 0 Å². The fourth-order valence-corrected chi connectivity index (χ4v) is 14.4. The van der Waals surface area contributed by atoms with E-state index in [9.17, 15) is 0 Å². The summed E-state index contributed by atoms with van der Waals surface area (Å²) in [6.45, 7) is 0. The lowest BCUT2D eigenvalue weighted by molar-refractivity contribution is 0.669. The van der Waals surface area contributed by atoms with Gasteiger partial charge in [-0.05, 0) is 188 Å². The van der Waals surface area contributed by atoms with Crippen LogP contribution in [0.2, 0.25) is 0 Å². The maximum atomic E-state index is 6.64. The summed E-state index contributed by atoms with van der Waals surface area (Å²) in [4.78, 5) is 29.2. The molecule has 0 spiro atoms. The van der Waals surface area contributed by atoms with Crippen LogP contribution in [0, 0.1) is 0 Å². The van der Waals surface area contributed by atoms with Crippen molar-refractivity contribution in [3.05, 3.63) is 340 Å².